The normalized spacial score (nSPS) is 11.8. The summed E-state index contributed by atoms with van der Waals surface area (Å²) >= 11 is 1.81. The molecule has 0 atom stereocenters. The first-order chi connectivity index (χ1) is 30.1. The second-order valence-electron chi connectivity index (χ2n) is 16.0. The molecule has 286 valence electrons. The van der Waals surface area contributed by atoms with Crippen molar-refractivity contribution >= 4 is 81.8 Å². The summed E-state index contributed by atoms with van der Waals surface area (Å²) in [4.78, 5) is 1.17. The number of fused-ring (bicyclic) bond motifs is 7. The van der Waals surface area contributed by atoms with E-state index in [0.29, 0.717) is 0 Å². The molecule has 0 spiro atoms. The molecule has 0 aliphatic carbocycles. The van der Waals surface area contributed by atoms with Crippen LogP contribution < -0.4 is 0 Å². The fraction of sp³-hybridized carbons (Fsp3) is 0.0169. The summed E-state index contributed by atoms with van der Waals surface area (Å²) in [5.74, 6) is 0. The summed E-state index contributed by atoms with van der Waals surface area (Å²) in [5.41, 5.74) is 15.3. The van der Waals surface area contributed by atoms with Crippen LogP contribution >= 0.6 is 11.3 Å². The second-order valence-corrected chi connectivity index (χ2v) is 17.0. The Balaban J connectivity index is 1.00. The van der Waals surface area contributed by atoms with E-state index < -0.39 is 0 Å². The lowest BCUT2D eigenvalue weighted by Gasteiger charge is -2.19. The van der Waals surface area contributed by atoms with Crippen molar-refractivity contribution in [1.29, 1.82) is 0 Å². The summed E-state index contributed by atoms with van der Waals surface area (Å²) in [5, 5.41) is 11.1. The predicted octanol–water partition coefficient (Wildman–Crippen LogP) is 17.5. The third kappa shape index (κ3) is 5.53. The highest BCUT2D eigenvalue weighted by molar-refractivity contribution is 7.20. The van der Waals surface area contributed by atoms with Crippen molar-refractivity contribution in [3.63, 3.8) is 0 Å². The van der Waals surface area contributed by atoms with E-state index in [0.717, 1.165) is 22.1 Å². The fourth-order valence-corrected chi connectivity index (χ4v) is 11.0. The minimum Gasteiger partial charge on any atom is -0.456 e. The highest BCUT2D eigenvalue weighted by Gasteiger charge is 2.22. The van der Waals surface area contributed by atoms with Gasteiger partial charge in [-0.1, -0.05) is 183 Å². The van der Waals surface area contributed by atoms with E-state index in [1.165, 1.54) is 108 Å². The molecule has 61 heavy (non-hydrogen) atoms. The molecule has 0 saturated carbocycles. The van der Waals surface area contributed by atoms with Gasteiger partial charge in [0.05, 0.1) is 0 Å². The van der Waals surface area contributed by atoms with Gasteiger partial charge in [-0.3, -0.25) is 0 Å². The van der Waals surface area contributed by atoms with Crippen molar-refractivity contribution < 1.29 is 4.42 Å². The third-order valence-electron chi connectivity index (χ3n) is 12.7. The number of rotatable bonds is 6. The Morgan fingerprint density at radius 3 is 1.61 bits per heavy atom. The van der Waals surface area contributed by atoms with Crippen LogP contribution in [0.2, 0.25) is 0 Å². The van der Waals surface area contributed by atoms with Crippen LogP contribution in [0, 0.1) is 6.92 Å². The number of benzene rings is 10. The zero-order chi connectivity index (χ0) is 40.6. The van der Waals surface area contributed by atoms with Gasteiger partial charge in [0.15, 0.2) is 0 Å². The lowest BCUT2D eigenvalue weighted by atomic mass is 9.84. The van der Waals surface area contributed by atoms with Gasteiger partial charge in [-0.15, -0.1) is 11.3 Å². The van der Waals surface area contributed by atoms with Crippen molar-refractivity contribution in [3.05, 3.63) is 211 Å². The van der Waals surface area contributed by atoms with E-state index in [1.54, 1.807) is 0 Å². The highest BCUT2D eigenvalue weighted by Crippen LogP contribution is 2.48. The van der Waals surface area contributed by atoms with E-state index in [1.807, 2.05) is 17.4 Å². The molecule has 10 aromatic carbocycles. The van der Waals surface area contributed by atoms with Crippen molar-refractivity contribution in [1.82, 2.24) is 0 Å². The lowest BCUT2D eigenvalue weighted by molar-refractivity contribution is 0.669. The van der Waals surface area contributed by atoms with Crippen molar-refractivity contribution in [2.45, 2.75) is 6.92 Å². The van der Waals surface area contributed by atoms with Crippen LogP contribution in [0.25, 0.3) is 126 Å². The standard InChI is InChI=1S/C59H38OS/c1-3-54-59(41-32-33-52-56(36(41)2)50-28-26-39(34-53(50)60-52)37-16-6-4-7-17-37)51-29-27-40(35-55(51)61-54)42-30-31-49(44-21-11-10-20-43(42)44)58-47-24-14-12-22-45(47)57(38-18-8-5-9-19-38)46-23-13-15-25-48(46)58/h3-35H,1H2,2H3. The second kappa shape index (κ2) is 14.1. The van der Waals surface area contributed by atoms with E-state index in [2.05, 4.69) is 208 Å². The Labute approximate surface area is 358 Å². The Bertz CT molecular complexity index is 3660. The molecule has 0 aliphatic rings. The van der Waals surface area contributed by atoms with E-state index in [-0.39, 0.29) is 0 Å². The summed E-state index contributed by atoms with van der Waals surface area (Å²) in [6.07, 6.45) is 2.02. The Morgan fingerprint density at radius 1 is 0.393 bits per heavy atom. The number of thiophene rings is 1. The fourth-order valence-electron chi connectivity index (χ4n) is 9.93. The minimum atomic E-state index is 0.907. The van der Waals surface area contributed by atoms with Gasteiger partial charge in [0.25, 0.3) is 0 Å². The van der Waals surface area contributed by atoms with Crippen LogP contribution in [0.15, 0.2) is 205 Å². The molecule has 12 aromatic rings. The van der Waals surface area contributed by atoms with Gasteiger partial charge >= 0.3 is 0 Å². The largest absolute Gasteiger partial charge is 0.456 e. The minimum absolute atomic E-state index is 0.907. The van der Waals surface area contributed by atoms with Crippen molar-refractivity contribution in [2.75, 3.05) is 0 Å². The number of hydrogen-bond acceptors (Lipinski definition) is 2. The average Bonchev–Trinajstić information content (AvgIpc) is 3.89. The maximum Gasteiger partial charge on any atom is 0.136 e. The first kappa shape index (κ1) is 35.4. The summed E-state index contributed by atoms with van der Waals surface area (Å²) in [6, 6.07) is 70.7. The maximum absolute atomic E-state index is 6.50. The van der Waals surface area contributed by atoms with Gasteiger partial charge in [-0.25, -0.2) is 0 Å². The first-order valence-corrected chi connectivity index (χ1v) is 21.7. The molecule has 12 rings (SSSR count). The van der Waals surface area contributed by atoms with Crippen LogP contribution in [-0.2, 0) is 0 Å². The molecule has 0 amide bonds. The Morgan fingerprint density at radius 2 is 0.934 bits per heavy atom. The van der Waals surface area contributed by atoms with E-state index >= 15 is 0 Å². The van der Waals surface area contributed by atoms with Crippen molar-refractivity contribution in [2.24, 2.45) is 0 Å². The quantitative estimate of drug-likeness (QED) is 0.153. The van der Waals surface area contributed by atoms with Gasteiger partial charge in [0.1, 0.15) is 11.2 Å². The smallest absolute Gasteiger partial charge is 0.136 e. The van der Waals surface area contributed by atoms with E-state index in [4.69, 9.17) is 4.42 Å². The lowest BCUT2D eigenvalue weighted by Crippen LogP contribution is -1.92. The molecule has 0 aliphatic heterocycles. The van der Waals surface area contributed by atoms with E-state index in [9.17, 15) is 0 Å². The monoisotopic (exact) mass is 794 g/mol. The highest BCUT2D eigenvalue weighted by atomic mass is 32.1. The molecule has 0 radical (unpaired) electrons. The van der Waals surface area contributed by atoms with Crippen LogP contribution in [0.1, 0.15) is 10.4 Å². The first-order valence-electron chi connectivity index (χ1n) is 20.9. The summed E-state index contributed by atoms with van der Waals surface area (Å²) < 4.78 is 7.74. The number of hydrogen-bond donors (Lipinski definition) is 0. The molecule has 0 saturated heterocycles. The molecular weight excluding hydrogens is 757 g/mol. The summed E-state index contributed by atoms with van der Waals surface area (Å²) in [7, 11) is 0. The van der Waals surface area contributed by atoms with Crippen molar-refractivity contribution in [3.8, 4) is 55.6 Å². The molecule has 0 bridgehead atoms. The molecule has 0 fully saturated rings. The molecule has 0 N–H and O–H groups in total. The molecular formula is C59H38OS. The zero-order valence-electron chi connectivity index (χ0n) is 33.6. The molecule has 2 heteroatoms. The maximum atomic E-state index is 6.50. The molecule has 2 aromatic heterocycles. The average molecular weight is 795 g/mol. The Kier molecular flexibility index (Phi) is 8.16. The number of aryl methyl sites for hydroxylation is 1. The third-order valence-corrected chi connectivity index (χ3v) is 13.8. The molecule has 1 nitrogen and oxygen atoms in total. The van der Waals surface area contributed by atoms with Gasteiger partial charge in [-0.05, 0) is 119 Å². The van der Waals surface area contributed by atoms with Crippen LogP contribution in [0.5, 0.6) is 0 Å². The van der Waals surface area contributed by atoms with Gasteiger partial charge < -0.3 is 4.42 Å². The topological polar surface area (TPSA) is 13.1 Å². The molecule has 0 unspecified atom stereocenters. The summed E-state index contributed by atoms with van der Waals surface area (Å²) in [6.45, 7) is 6.53. The SMILES string of the molecule is C=Cc1sc2cc(-c3ccc(-c4c5ccccc5c(-c5ccccc5)c5ccccc45)c4ccccc34)ccc2c1-c1ccc2oc3cc(-c4ccccc4)ccc3c2c1C. The molecule has 2 heterocycles. The predicted molar refractivity (Wildman–Crippen MR) is 264 cm³/mol. The van der Waals surface area contributed by atoms with Crippen LogP contribution in [0.3, 0.4) is 0 Å². The van der Waals surface area contributed by atoms with Crippen LogP contribution in [0.4, 0.5) is 0 Å². The van der Waals surface area contributed by atoms with Gasteiger partial charge in [0.2, 0.25) is 0 Å². The van der Waals surface area contributed by atoms with Crippen LogP contribution in [-0.4, -0.2) is 0 Å². The Hall–Kier alpha value is -7.52. The number of furan rings is 1. The van der Waals surface area contributed by atoms with Gasteiger partial charge in [-0.2, -0.15) is 0 Å². The zero-order valence-corrected chi connectivity index (χ0v) is 34.4. The van der Waals surface area contributed by atoms with Gasteiger partial charge in [0, 0.05) is 31.3 Å².